The molecule has 3 aromatic rings. The van der Waals surface area contributed by atoms with Gasteiger partial charge in [0.2, 0.25) is 10.0 Å². The van der Waals surface area contributed by atoms with E-state index in [0.29, 0.717) is 10.6 Å². The Kier molecular flexibility index (Phi) is 5.96. The number of aryl methyl sites for hydroxylation is 2. The summed E-state index contributed by atoms with van der Waals surface area (Å²) in [5.74, 6) is 0.747. The van der Waals surface area contributed by atoms with Gasteiger partial charge in [0.25, 0.3) is 5.91 Å². The van der Waals surface area contributed by atoms with Crippen molar-refractivity contribution in [2.75, 3.05) is 12.4 Å². The van der Waals surface area contributed by atoms with Crippen molar-refractivity contribution in [1.82, 2.24) is 14.7 Å². The number of fused-ring (bicyclic) bond motifs is 1. The maximum atomic E-state index is 13.2. The minimum Gasteiger partial charge on any atom is -0.495 e. The highest BCUT2D eigenvalue weighted by molar-refractivity contribution is 7.89. The summed E-state index contributed by atoms with van der Waals surface area (Å²) in [6.07, 6.45) is 1.67. The standard InChI is InChI=1S/C23H28N4O4S2/c1-12-18-13(2)24-22(23(3,4)5)26-21(18)32-19(12)20(28)25-16-11-15(9-10-17(16)31-6)33(29,30)27-14-7-8-14/h9-11,14,27H,7-8H2,1-6H3,(H,25,28). The Labute approximate surface area is 197 Å². The maximum Gasteiger partial charge on any atom is 0.266 e. The third-order valence-corrected chi connectivity index (χ3v) is 8.18. The van der Waals surface area contributed by atoms with Crippen molar-refractivity contribution in [3.8, 4) is 5.75 Å². The summed E-state index contributed by atoms with van der Waals surface area (Å²) < 4.78 is 33.3. The molecule has 2 heterocycles. The fourth-order valence-electron chi connectivity index (χ4n) is 3.51. The number of nitrogens with one attached hydrogen (secondary N) is 2. The first kappa shape index (κ1) is 23.6. The van der Waals surface area contributed by atoms with Crippen LogP contribution in [0, 0.1) is 13.8 Å². The molecule has 0 spiro atoms. The molecule has 0 bridgehead atoms. The molecule has 2 N–H and O–H groups in total. The lowest BCUT2D eigenvalue weighted by Crippen LogP contribution is -2.25. The molecule has 0 saturated heterocycles. The van der Waals surface area contributed by atoms with Crippen LogP contribution in [-0.2, 0) is 15.4 Å². The van der Waals surface area contributed by atoms with Gasteiger partial charge in [-0.05, 0) is 50.5 Å². The molecular weight excluding hydrogens is 460 g/mol. The molecule has 0 aliphatic heterocycles. The lowest BCUT2D eigenvalue weighted by molar-refractivity contribution is 0.102. The van der Waals surface area contributed by atoms with Crippen LogP contribution in [-0.4, -0.2) is 37.4 Å². The first-order chi connectivity index (χ1) is 15.4. The predicted molar refractivity (Wildman–Crippen MR) is 130 cm³/mol. The van der Waals surface area contributed by atoms with Gasteiger partial charge in [-0.1, -0.05) is 20.8 Å². The van der Waals surface area contributed by atoms with E-state index in [1.807, 2.05) is 34.6 Å². The van der Waals surface area contributed by atoms with E-state index in [1.54, 1.807) is 6.07 Å². The number of hydrogen-bond acceptors (Lipinski definition) is 7. The highest BCUT2D eigenvalue weighted by Crippen LogP contribution is 2.35. The first-order valence-electron chi connectivity index (χ1n) is 10.7. The van der Waals surface area contributed by atoms with Gasteiger partial charge in [-0.2, -0.15) is 0 Å². The van der Waals surface area contributed by atoms with Crippen molar-refractivity contribution in [2.24, 2.45) is 0 Å². The van der Waals surface area contributed by atoms with Crippen LogP contribution in [0.15, 0.2) is 23.1 Å². The average molecular weight is 489 g/mol. The molecule has 1 saturated carbocycles. The summed E-state index contributed by atoms with van der Waals surface area (Å²) >= 11 is 1.30. The Bertz CT molecular complexity index is 1350. The molecule has 0 unspecified atom stereocenters. The zero-order valence-corrected chi connectivity index (χ0v) is 21.2. The Hall–Kier alpha value is -2.56. The van der Waals surface area contributed by atoms with Gasteiger partial charge in [-0.3, -0.25) is 4.79 Å². The van der Waals surface area contributed by atoms with E-state index in [9.17, 15) is 13.2 Å². The summed E-state index contributed by atoms with van der Waals surface area (Å²) in [4.78, 5) is 23.9. The lowest BCUT2D eigenvalue weighted by Gasteiger charge is -2.16. The number of hydrogen-bond donors (Lipinski definition) is 2. The molecule has 1 aromatic carbocycles. The second-order valence-electron chi connectivity index (χ2n) is 9.33. The van der Waals surface area contributed by atoms with Crippen LogP contribution < -0.4 is 14.8 Å². The van der Waals surface area contributed by atoms with Crippen molar-refractivity contribution < 1.29 is 17.9 Å². The Balaban J connectivity index is 1.70. The summed E-state index contributed by atoms with van der Waals surface area (Å²) in [5, 5.41) is 3.70. The van der Waals surface area contributed by atoms with E-state index >= 15 is 0 Å². The fraction of sp³-hybridized carbons (Fsp3) is 0.435. The molecular formula is C23H28N4O4S2. The highest BCUT2D eigenvalue weighted by atomic mass is 32.2. The van der Waals surface area contributed by atoms with Crippen molar-refractivity contribution in [1.29, 1.82) is 0 Å². The number of methoxy groups -OCH3 is 1. The molecule has 1 fully saturated rings. The van der Waals surface area contributed by atoms with Gasteiger partial charge in [0, 0.05) is 16.8 Å². The SMILES string of the molecule is COc1ccc(S(=O)(=O)NC2CC2)cc1NC(=O)c1sc2nc(C(C)(C)C)nc(C)c2c1C. The number of thiophene rings is 1. The largest absolute Gasteiger partial charge is 0.495 e. The number of anilines is 1. The molecule has 8 nitrogen and oxygen atoms in total. The van der Waals surface area contributed by atoms with Crippen LogP contribution in [0.25, 0.3) is 10.2 Å². The molecule has 1 aliphatic carbocycles. The molecule has 176 valence electrons. The van der Waals surface area contributed by atoms with Crippen LogP contribution in [0.5, 0.6) is 5.75 Å². The van der Waals surface area contributed by atoms with E-state index in [0.717, 1.165) is 40.1 Å². The van der Waals surface area contributed by atoms with Gasteiger partial charge < -0.3 is 10.1 Å². The third-order valence-electron chi connectivity index (χ3n) is 5.48. The molecule has 2 aromatic heterocycles. The predicted octanol–water partition coefficient (Wildman–Crippen LogP) is 4.31. The number of rotatable bonds is 6. The van der Waals surface area contributed by atoms with Gasteiger partial charge in [0.15, 0.2) is 0 Å². The molecule has 0 radical (unpaired) electrons. The van der Waals surface area contributed by atoms with E-state index in [4.69, 9.17) is 9.72 Å². The number of nitrogens with zero attached hydrogens (tertiary/aromatic N) is 2. The maximum absolute atomic E-state index is 13.2. The zero-order valence-electron chi connectivity index (χ0n) is 19.6. The van der Waals surface area contributed by atoms with Crippen molar-refractivity contribution in [3.63, 3.8) is 0 Å². The minimum absolute atomic E-state index is 0.0151. The number of ether oxygens (including phenoxy) is 1. The Morgan fingerprint density at radius 3 is 2.48 bits per heavy atom. The van der Waals surface area contributed by atoms with Gasteiger partial charge in [0.05, 0.1) is 28.3 Å². The van der Waals surface area contributed by atoms with Crippen molar-refractivity contribution in [2.45, 2.75) is 63.8 Å². The van der Waals surface area contributed by atoms with E-state index in [1.165, 1.54) is 30.6 Å². The van der Waals surface area contributed by atoms with Gasteiger partial charge in [-0.25, -0.2) is 23.1 Å². The van der Waals surface area contributed by atoms with Gasteiger partial charge >= 0.3 is 0 Å². The summed E-state index contributed by atoms with van der Waals surface area (Å²) in [5.41, 5.74) is 1.70. The van der Waals surface area contributed by atoms with Gasteiger partial charge in [-0.15, -0.1) is 11.3 Å². The van der Waals surface area contributed by atoms with E-state index in [2.05, 4.69) is 15.0 Å². The topological polar surface area (TPSA) is 110 Å². The Morgan fingerprint density at radius 2 is 1.88 bits per heavy atom. The number of carbonyl (C=O) groups excluding carboxylic acids is 1. The van der Waals surface area contributed by atoms with Crippen LogP contribution in [0.3, 0.4) is 0 Å². The van der Waals surface area contributed by atoms with Crippen molar-refractivity contribution in [3.05, 3.63) is 40.2 Å². The normalized spacial score (nSPS) is 14.5. The Morgan fingerprint density at radius 1 is 1.18 bits per heavy atom. The van der Waals surface area contributed by atoms with E-state index < -0.39 is 10.0 Å². The minimum atomic E-state index is -3.67. The summed E-state index contributed by atoms with van der Waals surface area (Å²) in [7, 11) is -2.20. The van der Waals surface area contributed by atoms with Crippen LogP contribution in [0.2, 0.25) is 0 Å². The van der Waals surface area contributed by atoms with Crippen molar-refractivity contribution >= 4 is 43.2 Å². The second kappa shape index (κ2) is 8.34. The monoisotopic (exact) mass is 488 g/mol. The second-order valence-corrected chi connectivity index (χ2v) is 12.0. The first-order valence-corrected chi connectivity index (χ1v) is 13.0. The lowest BCUT2D eigenvalue weighted by atomic mass is 9.95. The zero-order chi connectivity index (χ0) is 24.1. The number of sulfonamides is 1. The number of carbonyl (C=O) groups is 1. The molecule has 1 amide bonds. The smallest absolute Gasteiger partial charge is 0.266 e. The van der Waals surface area contributed by atoms with Gasteiger partial charge in [0.1, 0.15) is 16.4 Å². The molecule has 4 rings (SSSR count). The fourth-order valence-corrected chi connectivity index (χ4v) is 5.97. The number of benzene rings is 1. The van der Waals surface area contributed by atoms with Crippen LogP contribution >= 0.6 is 11.3 Å². The van der Waals surface area contributed by atoms with Crippen LogP contribution in [0.4, 0.5) is 5.69 Å². The number of aromatic nitrogens is 2. The molecule has 33 heavy (non-hydrogen) atoms. The molecule has 10 heteroatoms. The van der Waals surface area contributed by atoms with E-state index in [-0.39, 0.29) is 27.9 Å². The quantitative estimate of drug-likeness (QED) is 0.535. The molecule has 1 aliphatic rings. The number of amides is 1. The third kappa shape index (κ3) is 4.73. The average Bonchev–Trinajstić information content (AvgIpc) is 3.46. The molecule has 0 atom stereocenters. The summed E-state index contributed by atoms with van der Waals surface area (Å²) in [6.45, 7) is 9.94. The van der Waals surface area contributed by atoms with Crippen LogP contribution in [0.1, 0.15) is 60.4 Å². The summed E-state index contributed by atoms with van der Waals surface area (Å²) in [6, 6.07) is 4.42. The highest BCUT2D eigenvalue weighted by Gasteiger charge is 2.29.